The van der Waals surface area contributed by atoms with E-state index in [9.17, 15) is 4.79 Å². The fourth-order valence-corrected chi connectivity index (χ4v) is 7.35. The van der Waals surface area contributed by atoms with E-state index in [2.05, 4.69) is 31.2 Å². The summed E-state index contributed by atoms with van der Waals surface area (Å²) in [6, 6.07) is 16.5. The number of amides is 1. The van der Waals surface area contributed by atoms with Gasteiger partial charge < -0.3 is 4.74 Å². The molecule has 6 nitrogen and oxygen atoms in total. The van der Waals surface area contributed by atoms with Crippen LogP contribution in [-0.4, -0.2) is 34.2 Å². The van der Waals surface area contributed by atoms with Gasteiger partial charge >= 0.3 is 0 Å². The largest absolute Gasteiger partial charge is 0.319 e. The van der Waals surface area contributed by atoms with Crippen LogP contribution in [0.1, 0.15) is 57.6 Å². The van der Waals surface area contributed by atoms with Crippen LogP contribution >= 0.6 is 0 Å². The number of ether oxygens (including phenoxy) is 1. The summed E-state index contributed by atoms with van der Waals surface area (Å²) in [7, 11) is 0. The molecule has 2 aromatic carbocycles. The van der Waals surface area contributed by atoms with Crippen molar-refractivity contribution in [3.63, 3.8) is 0 Å². The smallest absolute Gasteiger partial charge is 0.248 e. The van der Waals surface area contributed by atoms with E-state index in [0.29, 0.717) is 5.92 Å². The first kappa shape index (κ1) is 20.8. The van der Waals surface area contributed by atoms with Gasteiger partial charge in [0.25, 0.3) is 0 Å². The molecule has 4 heterocycles. The van der Waals surface area contributed by atoms with Gasteiger partial charge in [-0.1, -0.05) is 62.4 Å². The van der Waals surface area contributed by atoms with Gasteiger partial charge in [0.15, 0.2) is 11.8 Å². The molecule has 176 valence electrons. The van der Waals surface area contributed by atoms with E-state index in [1.165, 1.54) is 0 Å². The molecule has 0 radical (unpaired) electrons. The molecule has 6 heteroatoms. The molecular weight excluding hydrogens is 428 g/mol. The van der Waals surface area contributed by atoms with Gasteiger partial charge in [-0.2, -0.15) is 5.10 Å². The average Bonchev–Trinajstić information content (AvgIpc) is 2.97. The number of fused-ring (bicyclic) bond motifs is 5. The number of hydrogen-bond donors (Lipinski definition) is 0. The Morgan fingerprint density at radius 2 is 1.53 bits per heavy atom. The van der Waals surface area contributed by atoms with Crippen LogP contribution in [0.4, 0.5) is 0 Å². The molecule has 6 aliphatic rings. The first-order valence-electron chi connectivity index (χ1n) is 12.6. The summed E-state index contributed by atoms with van der Waals surface area (Å²) in [6.45, 7) is 6.25. The third-order valence-electron chi connectivity index (χ3n) is 9.10. The average molecular weight is 459 g/mol. The monoisotopic (exact) mass is 458 g/mol. The Bertz CT molecular complexity index is 1180. The number of benzene rings is 2. The van der Waals surface area contributed by atoms with E-state index < -0.39 is 17.6 Å². The highest BCUT2D eigenvalue weighted by Crippen LogP contribution is 2.60. The quantitative estimate of drug-likeness (QED) is 0.475. The first-order chi connectivity index (χ1) is 16.4. The zero-order valence-corrected chi connectivity index (χ0v) is 19.9. The standard InChI is InChI=1S/C28H30N2O4/c1-16-12-13-23-17(2)25(31)30(26-28(23)22(16)14-15-27(3,32-26)33-34-28)29-24-20-10-6-4-8-18(20)19-9-5-7-11-21(19)24/h4-11,16-17,22-23,26H,12-15H2,1-3H3/t16-,17-,22+,23+,26-,27-,28-/m1/s1. The number of carbonyl (C=O) groups excluding carboxylic acids is 1. The van der Waals surface area contributed by atoms with Gasteiger partial charge in [0.1, 0.15) is 0 Å². The van der Waals surface area contributed by atoms with Gasteiger partial charge in [0.2, 0.25) is 11.7 Å². The maximum absolute atomic E-state index is 13.9. The zero-order valence-electron chi connectivity index (χ0n) is 19.9. The van der Waals surface area contributed by atoms with Gasteiger partial charge in [-0.05, 0) is 49.1 Å². The Balaban J connectivity index is 1.42. The molecule has 0 unspecified atom stereocenters. The van der Waals surface area contributed by atoms with Crippen molar-refractivity contribution in [2.24, 2.45) is 28.8 Å². The first-order valence-corrected chi connectivity index (χ1v) is 12.6. The summed E-state index contributed by atoms with van der Waals surface area (Å²) in [4.78, 5) is 26.2. The fourth-order valence-electron chi connectivity index (χ4n) is 7.35. The molecule has 8 rings (SSSR count). The third-order valence-corrected chi connectivity index (χ3v) is 9.10. The Labute approximate surface area is 199 Å². The summed E-state index contributed by atoms with van der Waals surface area (Å²) < 4.78 is 6.65. The van der Waals surface area contributed by atoms with E-state index in [4.69, 9.17) is 19.6 Å². The van der Waals surface area contributed by atoms with Crippen LogP contribution in [0.15, 0.2) is 53.6 Å². The summed E-state index contributed by atoms with van der Waals surface area (Å²) in [6.07, 6.45) is 3.12. The van der Waals surface area contributed by atoms with Crippen LogP contribution in [0, 0.1) is 23.7 Å². The van der Waals surface area contributed by atoms with Crippen LogP contribution in [0.25, 0.3) is 11.1 Å². The van der Waals surface area contributed by atoms with Crippen molar-refractivity contribution in [3.8, 4) is 11.1 Å². The van der Waals surface area contributed by atoms with E-state index in [0.717, 1.165) is 53.6 Å². The Morgan fingerprint density at radius 1 is 0.882 bits per heavy atom. The highest BCUT2D eigenvalue weighted by Gasteiger charge is 2.71. The fraction of sp³-hybridized carbons (Fsp3) is 0.500. The Hall–Kier alpha value is -2.54. The maximum atomic E-state index is 13.9. The summed E-state index contributed by atoms with van der Waals surface area (Å²) in [5.74, 6) is -0.340. The zero-order chi connectivity index (χ0) is 23.2. The molecule has 0 aromatic heterocycles. The molecule has 0 N–H and O–H groups in total. The second-order valence-electron chi connectivity index (χ2n) is 10.9. The van der Waals surface area contributed by atoms with E-state index in [-0.39, 0.29) is 23.7 Å². The number of hydrogen-bond acceptors (Lipinski definition) is 5. The normalized spacial score (nSPS) is 39.9. The second kappa shape index (κ2) is 7.00. The SMILES string of the molecule is C[C@@H]1CC[C@H]2[C@@H](C)C(=O)N(N=C3c4ccccc4-c4ccccc43)[C@@H]3O[C@@]4(C)CC[C@@H]1[C@@]23OO4. The lowest BCUT2D eigenvalue weighted by atomic mass is 9.57. The predicted octanol–water partition coefficient (Wildman–Crippen LogP) is 5.11. The topological polar surface area (TPSA) is 60.4 Å². The Morgan fingerprint density at radius 3 is 2.21 bits per heavy atom. The van der Waals surface area contributed by atoms with Gasteiger partial charge in [-0.15, -0.1) is 0 Å². The van der Waals surface area contributed by atoms with Crippen LogP contribution < -0.4 is 0 Å². The van der Waals surface area contributed by atoms with Crippen LogP contribution in [-0.2, 0) is 19.3 Å². The molecule has 34 heavy (non-hydrogen) atoms. The number of hydrazone groups is 1. The molecular formula is C28H30N2O4. The summed E-state index contributed by atoms with van der Waals surface area (Å²) in [5, 5.41) is 6.73. The number of carbonyl (C=O) groups is 1. The van der Waals surface area contributed by atoms with Crippen molar-refractivity contribution in [2.75, 3.05) is 0 Å². The van der Waals surface area contributed by atoms with Crippen molar-refractivity contribution < 1.29 is 19.3 Å². The highest BCUT2D eigenvalue weighted by atomic mass is 17.3. The predicted molar refractivity (Wildman–Crippen MR) is 126 cm³/mol. The number of nitrogens with zero attached hydrogens (tertiary/aromatic N) is 2. The van der Waals surface area contributed by atoms with Crippen molar-refractivity contribution in [3.05, 3.63) is 59.7 Å². The van der Waals surface area contributed by atoms with Crippen LogP contribution in [0.5, 0.6) is 0 Å². The van der Waals surface area contributed by atoms with E-state index in [1.54, 1.807) is 5.01 Å². The minimum absolute atomic E-state index is 0.00282. The molecule has 1 spiro atoms. The summed E-state index contributed by atoms with van der Waals surface area (Å²) >= 11 is 0. The van der Waals surface area contributed by atoms with Gasteiger partial charge in [-0.3, -0.25) is 4.79 Å². The molecule has 2 bridgehead atoms. The van der Waals surface area contributed by atoms with Crippen molar-refractivity contribution in [2.45, 2.75) is 64.1 Å². The molecule has 5 fully saturated rings. The summed E-state index contributed by atoms with van der Waals surface area (Å²) in [5.41, 5.74) is 4.48. The molecule has 4 aliphatic heterocycles. The Kier molecular flexibility index (Phi) is 4.28. The highest BCUT2D eigenvalue weighted by molar-refractivity contribution is 6.24. The van der Waals surface area contributed by atoms with Gasteiger partial charge in [0.05, 0.1) is 5.71 Å². The third kappa shape index (κ3) is 2.56. The molecule has 4 saturated heterocycles. The lowest BCUT2D eigenvalue weighted by molar-refractivity contribution is -0.548. The van der Waals surface area contributed by atoms with Crippen LogP contribution in [0.3, 0.4) is 0 Å². The minimum atomic E-state index is -0.887. The molecule has 1 amide bonds. The van der Waals surface area contributed by atoms with Crippen molar-refractivity contribution >= 4 is 11.6 Å². The van der Waals surface area contributed by atoms with E-state index >= 15 is 0 Å². The maximum Gasteiger partial charge on any atom is 0.248 e. The molecule has 1 saturated carbocycles. The van der Waals surface area contributed by atoms with Gasteiger partial charge in [-0.25, -0.2) is 14.8 Å². The molecule has 7 atom stereocenters. The number of piperidine rings is 1. The van der Waals surface area contributed by atoms with E-state index in [1.807, 2.05) is 38.1 Å². The van der Waals surface area contributed by atoms with Gasteiger partial charge in [0, 0.05) is 29.4 Å². The molecule has 2 aromatic rings. The van der Waals surface area contributed by atoms with Crippen LogP contribution in [0.2, 0.25) is 0 Å². The second-order valence-corrected chi connectivity index (χ2v) is 10.9. The number of rotatable bonds is 1. The lowest BCUT2D eigenvalue weighted by Gasteiger charge is -2.60. The van der Waals surface area contributed by atoms with Crippen molar-refractivity contribution in [1.82, 2.24) is 5.01 Å². The lowest BCUT2D eigenvalue weighted by Crippen LogP contribution is -2.74. The van der Waals surface area contributed by atoms with Crippen molar-refractivity contribution in [1.29, 1.82) is 0 Å². The minimum Gasteiger partial charge on any atom is -0.319 e. The molecule has 2 aliphatic carbocycles.